The van der Waals surface area contributed by atoms with Crippen LogP contribution < -0.4 is 10.2 Å². The summed E-state index contributed by atoms with van der Waals surface area (Å²) in [6.07, 6.45) is 6.06. The van der Waals surface area contributed by atoms with E-state index in [2.05, 4.69) is 10.2 Å². The third-order valence-corrected chi connectivity index (χ3v) is 5.09. The number of non-ortho nitro benzene ring substituents is 1. The van der Waals surface area contributed by atoms with Gasteiger partial charge in [-0.3, -0.25) is 10.1 Å². The van der Waals surface area contributed by atoms with E-state index in [-0.39, 0.29) is 16.7 Å². The van der Waals surface area contributed by atoms with Gasteiger partial charge in [-0.05, 0) is 50.7 Å². The van der Waals surface area contributed by atoms with Gasteiger partial charge in [0, 0.05) is 43.0 Å². The van der Waals surface area contributed by atoms with E-state index in [0.29, 0.717) is 12.1 Å². The lowest BCUT2D eigenvalue weighted by Crippen LogP contribution is -2.47. The molecule has 1 aromatic rings. The van der Waals surface area contributed by atoms with Gasteiger partial charge < -0.3 is 15.3 Å². The largest absolute Gasteiger partial charge is 0.393 e. The SMILES string of the molecule is O=[N+]([O-])c1ccc(N2CCC(NC3CCC(O)CC3)CC2)cc1. The Morgan fingerprint density at radius 1 is 1.00 bits per heavy atom. The van der Waals surface area contributed by atoms with Crippen molar-refractivity contribution in [1.29, 1.82) is 0 Å². The summed E-state index contributed by atoms with van der Waals surface area (Å²) in [5.41, 5.74) is 1.21. The van der Waals surface area contributed by atoms with E-state index >= 15 is 0 Å². The Morgan fingerprint density at radius 3 is 2.13 bits per heavy atom. The highest BCUT2D eigenvalue weighted by molar-refractivity contribution is 5.51. The summed E-state index contributed by atoms with van der Waals surface area (Å²) in [4.78, 5) is 12.6. The summed E-state index contributed by atoms with van der Waals surface area (Å²) in [5.74, 6) is 0. The molecule has 0 spiro atoms. The van der Waals surface area contributed by atoms with Gasteiger partial charge in [-0.1, -0.05) is 0 Å². The van der Waals surface area contributed by atoms with Crippen LogP contribution in [0.3, 0.4) is 0 Å². The van der Waals surface area contributed by atoms with Crippen LogP contribution in [0.5, 0.6) is 0 Å². The molecule has 126 valence electrons. The van der Waals surface area contributed by atoms with Gasteiger partial charge >= 0.3 is 0 Å². The minimum absolute atomic E-state index is 0.1000. The van der Waals surface area contributed by atoms with Crippen molar-refractivity contribution >= 4 is 11.4 Å². The molecule has 0 amide bonds. The quantitative estimate of drug-likeness (QED) is 0.658. The normalized spacial score (nSPS) is 26.2. The van der Waals surface area contributed by atoms with Crippen LogP contribution in [0.2, 0.25) is 0 Å². The molecule has 0 unspecified atom stereocenters. The maximum absolute atomic E-state index is 10.7. The van der Waals surface area contributed by atoms with E-state index in [4.69, 9.17) is 0 Å². The average Bonchev–Trinajstić information content (AvgIpc) is 2.58. The second kappa shape index (κ2) is 7.27. The Labute approximate surface area is 136 Å². The van der Waals surface area contributed by atoms with Crippen LogP contribution in [-0.2, 0) is 0 Å². The predicted octanol–water partition coefficient (Wildman–Crippen LogP) is 2.46. The van der Waals surface area contributed by atoms with Crippen LogP contribution in [-0.4, -0.2) is 41.3 Å². The molecular weight excluding hydrogens is 294 g/mol. The van der Waals surface area contributed by atoms with Gasteiger partial charge in [0.1, 0.15) is 0 Å². The fourth-order valence-corrected chi connectivity index (χ4v) is 3.67. The van der Waals surface area contributed by atoms with E-state index in [0.717, 1.165) is 57.3 Å². The maximum atomic E-state index is 10.7. The van der Waals surface area contributed by atoms with Gasteiger partial charge in [-0.2, -0.15) is 0 Å². The molecule has 0 aromatic heterocycles. The Bertz CT molecular complexity index is 518. The molecule has 23 heavy (non-hydrogen) atoms. The van der Waals surface area contributed by atoms with Crippen molar-refractivity contribution in [3.05, 3.63) is 34.4 Å². The number of nitro benzene ring substituents is 1. The first kappa shape index (κ1) is 16.2. The zero-order valence-electron chi connectivity index (χ0n) is 13.4. The Morgan fingerprint density at radius 2 is 1.57 bits per heavy atom. The summed E-state index contributed by atoms with van der Waals surface area (Å²) in [5, 5.41) is 24.0. The van der Waals surface area contributed by atoms with Gasteiger partial charge in [0.15, 0.2) is 0 Å². The topological polar surface area (TPSA) is 78.6 Å². The van der Waals surface area contributed by atoms with Crippen LogP contribution in [0.15, 0.2) is 24.3 Å². The number of nitrogens with zero attached hydrogens (tertiary/aromatic N) is 2. The van der Waals surface area contributed by atoms with E-state index < -0.39 is 0 Å². The third kappa shape index (κ3) is 4.20. The molecule has 2 fully saturated rings. The van der Waals surface area contributed by atoms with Crippen molar-refractivity contribution in [3.8, 4) is 0 Å². The minimum Gasteiger partial charge on any atom is -0.393 e. The minimum atomic E-state index is -0.360. The van der Waals surface area contributed by atoms with Crippen LogP contribution >= 0.6 is 0 Å². The number of aliphatic hydroxyl groups excluding tert-OH is 1. The predicted molar refractivity (Wildman–Crippen MR) is 89.7 cm³/mol. The van der Waals surface area contributed by atoms with Gasteiger partial charge in [-0.25, -0.2) is 0 Å². The van der Waals surface area contributed by atoms with Gasteiger partial charge in [0.05, 0.1) is 11.0 Å². The lowest BCUT2D eigenvalue weighted by molar-refractivity contribution is -0.384. The highest BCUT2D eigenvalue weighted by Gasteiger charge is 2.25. The fourth-order valence-electron chi connectivity index (χ4n) is 3.67. The molecular formula is C17H25N3O3. The molecule has 1 aliphatic heterocycles. The number of hydrogen-bond acceptors (Lipinski definition) is 5. The number of nitrogens with one attached hydrogen (secondary N) is 1. The van der Waals surface area contributed by atoms with Crippen molar-refractivity contribution in [1.82, 2.24) is 5.32 Å². The summed E-state index contributed by atoms with van der Waals surface area (Å²) in [7, 11) is 0. The highest BCUT2D eigenvalue weighted by Crippen LogP contribution is 2.24. The smallest absolute Gasteiger partial charge is 0.269 e. The molecule has 2 N–H and O–H groups in total. The molecule has 1 saturated carbocycles. The van der Waals surface area contributed by atoms with E-state index in [1.807, 2.05) is 12.1 Å². The number of anilines is 1. The Kier molecular flexibility index (Phi) is 5.13. The van der Waals surface area contributed by atoms with Crippen molar-refractivity contribution in [2.45, 2.75) is 56.7 Å². The van der Waals surface area contributed by atoms with Crippen molar-refractivity contribution in [2.75, 3.05) is 18.0 Å². The molecule has 0 bridgehead atoms. The highest BCUT2D eigenvalue weighted by atomic mass is 16.6. The average molecular weight is 319 g/mol. The summed E-state index contributed by atoms with van der Waals surface area (Å²) in [6.45, 7) is 1.95. The number of piperidine rings is 1. The molecule has 0 atom stereocenters. The molecule has 6 nitrogen and oxygen atoms in total. The molecule has 1 aliphatic carbocycles. The molecule has 6 heteroatoms. The lowest BCUT2D eigenvalue weighted by atomic mass is 9.91. The molecule has 0 radical (unpaired) electrons. The number of benzene rings is 1. The fraction of sp³-hybridized carbons (Fsp3) is 0.647. The second-order valence-corrected chi connectivity index (χ2v) is 6.71. The van der Waals surface area contributed by atoms with Crippen LogP contribution in [0.1, 0.15) is 38.5 Å². The number of aliphatic hydroxyl groups is 1. The summed E-state index contributed by atoms with van der Waals surface area (Å²) < 4.78 is 0. The summed E-state index contributed by atoms with van der Waals surface area (Å²) >= 11 is 0. The van der Waals surface area contributed by atoms with Gasteiger partial charge in [0.2, 0.25) is 0 Å². The van der Waals surface area contributed by atoms with E-state index in [9.17, 15) is 15.2 Å². The zero-order valence-corrected chi connectivity index (χ0v) is 13.4. The monoisotopic (exact) mass is 319 g/mol. The first-order chi connectivity index (χ1) is 11.1. The molecule has 3 rings (SSSR count). The third-order valence-electron chi connectivity index (χ3n) is 5.09. The van der Waals surface area contributed by atoms with E-state index in [1.165, 1.54) is 0 Å². The molecule has 1 saturated heterocycles. The van der Waals surface area contributed by atoms with Crippen LogP contribution in [0.4, 0.5) is 11.4 Å². The number of nitro groups is 1. The lowest BCUT2D eigenvalue weighted by Gasteiger charge is -2.37. The number of rotatable bonds is 4. The Balaban J connectivity index is 1.47. The second-order valence-electron chi connectivity index (χ2n) is 6.71. The standard InChI is InChI=1S/C17H25N3O3/c21-17-7-1-13(2-8-17)18-14-9-11-19(12-10-14)15-3-5-16(6-4-15)20(22)23/h3-6,13-14,17-18,21H,1-2,7-12H2. The van der Waals surface area contributed by atoms with Crippen molar-refractivity contribution in [3.63, 3.8) is 0 Å². The Hall–Kier alpha value is -1.66. The van der Waals surface area contributed by atoms with E-state index in [1.54, 1.807) is 12.1 Å². The van der Waals surface area contributed by atoms with Crippen molar-refractivity contribution < 1.29 is 10.0 Å². The van der Waals surface area contributed by atoms with Gasteiger partial charge in [-0.15, -0.1) is 0 Å². The maximum Gasteiger partial charge on any atom is 0.269 e. The van der Waals surface area contributed by atoms with Crippen LogP contribution in [0, 0.1) is 10.1 Å². The summed E-state index contributed by atoms with van der Waals surface area (Å²) in [6, 6.07) is 7.93. The zero-order chi connectivity index (χ0) is 16.2. The molecule has 1 aromatic carbocycles. The molecule has 2 aliphatic rings. The first-order valence-corrected chi connectivity index (χ1v) is 8.55. The molecule has 1 heterocycles. The first-order valence-electron chi connectivity index (χ1n) is 8.55. The number of hydrogen-bond donors (Lipinski definition) is 2. The van der Waals surface area contributed by atoms with Crippen molar-refractivity contribution in [2.24, 2.45) is 0 Å². The van der Waals surface area contributed by atoms with Crippen LogP contribution in [0.25, 0.3) is 0 Å². The van der Waals surface area contributed by atoms with Gasteiger partial charge in [0.25, 0.3) is 5.69 Å².